The molecule has 0 radical (unpaired) electrons. The van der Waals surface area contributed by atoms with Crippen LogP contribution in [0.25, 0.3) is 21.5 Å². The number of anilines is 2. The zero-order valence-electron chi connectivity index (χ0n) is 13.2. The van der Waals surface area contributed by atoms with Gasteiger partial charge in [-0.3, -0.25) is 0 Å². The molecule has 4 aromatic rings. The Kier molecular flexibility index (Phi) is 4.44. The molecule has 2 nitrogen and oxygen atoms in total. The second-order valence-corrected chi connectivity index (χ2v) is 5.35. The van der Waals surface area contributed by atoms with Crippen LogP contribution in [0.2, 0.25) is 0 Å². The molecule has 0 aliphatic rings. The minimum Gasteiger partial charge on any atom is -0.398 e. The summed E-state index contributed by atoms with van der Waals surface area (Å²) in [4.78, 5) is 0. The molecule has 0 spiro atoms. The van der Waals surface area contributed by atoms with Crippen molar-refractivity contribution >= 4 is 32.9 Å². The van der Waals surface area contributed by atoms with Crippen molar-refractivity contribution in [2.24, 2.45) is 0 Å². The maximum Gasteiger partial charge on any atom is 0.0417 e. The van der Waals surface area contributed by atoms with E-state index in [1.165, 1.54) is 21.8 Å². The van der Waals surface area contributed by atoms with Gasteiger partial charge in [-0.25, -0.2) is 0 Å². The summed E-state index contributed by atoms with van der Waals surface area (Å²) in [7, 11) is 1.95. The van der Waals surface area contributed by atoms with E-state index in [-0.39, 0.29) is 0 Å². The minimum atomic E-state index is 0.850. The largest absolute Gasteiger partial charge is 0.398 e. The quantitative estimate of drug-likeness (QED) is 0.468. The number of nitrogens with two attached hydrogens (primary N) is 1. The molecule has 4 aromatic carbocycles. The van der Waals surface area contributed by atoms with Crippen molar-refractivity contribution in [3.63, 3.8) is 0 Å². The number of nitrogens with one attached hydrogen (secondary N) is 1. The number of benzene rings is 4. The summed E-state index contributed by atoms with van der Waals surface area (Å²) in [5.74, 6) is 0. The van der Waals surface area contributed by atoms with Crippen molar-refractivity contribution in [2.75, 3.05) is 18.1 Å². The third kappa shape index (κ3) is 3.27. The molecule has 0 amide bonds. The van der Waals surface area contributed by atoms with E-state index in [0.717, 1.165) is 11.1 Å². The highest BCUT2D eigenvalue weighted by Crippen LogP contribution is 2.22. The highest BCUT2D eigenvalue weighted by molar-refractivity contribution is 5.94. The smallest absolute Gasteiger partial charge is 0.0417 e. The third-order valence-corrected chi connectivity index (χ3v) is 3.88. The molecule has 4 rings (SSSR count). The SMILES string of the molecule is CNc1cccc2ccccc12.Nc1cccc2ccccc12. The topological polar surface area (TPSA) is 38.0 Å². The molecule has 0 fully saturated rings. The van der Waals surface area contributed by atoms with Crippen molar-refractivity contribution in [1.29, 1.82) is 0 Å². The molecule has 0 saturated heterocycles. The highest BCUT2D eigenvalue weighted by atomic mass is 14.8. The Morgan fingerprint density at radius 1 is 0.609 bits per heavy atom. The van der Waals surface area contributed by atoms with E-state index in [4.69, 9.17) is 5.73 Å². The van der Waals surface area contributed by atoms with Crippen molar-refractivity contribution in [3.8, 4) is 0 Å². The van der Waals surface area contributed by atoms with Crippen LogP contribution < -0.4 is 11.1 Å². The molecule has 0 bridgehead atoms. The van der Waals surface area contributed by atoms with Crippen LogP contribution in [0.15, 0.2) is 84.9 Å². The molecule has 23 heavy (non-hydrogen) atoms. The normalized spacial score (nSPS) is 10.1. The van der Waals surface area contributed by atoms with Crippen molar-refractivity contribution < 1.29 is 0 Å². The predicted octanol–water partition coefficient (Wildman–Crippen LogP) is 5.30. The molecular formula is C21H20N2. The van der Waals surface area contributed by atoms with Crippen LogP contribution in [0.5, 0.6) is 0 Å². The lowest BCUT2D eigenvalue weighted by Gasteiger charge is -2.04. The fourth-order valence-electron chi connectivity index (χ4n) is 2.69. The van der Waals surface area contributed by atoms with Crippen molar-refractivity contribution in [3.05, 3.63) is 84.9 Å². The van der Waals surface area contributed by atoms with Gasteiger partial charge in [0.05, 0.1) is 0 Å². The average molecular weight is 300 g/mol. The first kappa shape index (κ1) is 14.9. The second kappa shape index (κ2) is 6.84. The van der Waals surface area contributed by atoms with Gasteiger partial charge in [-0.2, -0.15) is 0 Å². The van der Waals surface area contributed by atoms with E-state index in [0.29, 0.717) is 0 Å². The monoisotopic (exact) mass is 300 g/mol. The van der Waals surface area contributed by atoms with E-state index in [1.807, 2.05) is 37.4 Å². The third-order valence-electron chi connectivity index (χ3n) is 3.88. The van der Waals surface area contributed by atoms with Crippen LogP contribution >= 0.6 is 0 Å². The molecule has 0 saturated carbocycles. The van der Waals surface area contributed by atoms with Crippen LogP contribution in [0, 0.1) is 0 Å². The number of rotatable bonds is 1. The van der Waals surface area contributed by atoms with Gasteiger partial charge in [-0.1, -0.05) is 72.8 Å². The van der Waals surface area contributed by atoms with E-state index in [2.05, 4.69) is 59.9 Å². The minimum absolute atomic E-state index is 0.850. The van der Waals surface area contributed by atoms with Gasteiger partial charge in [-0.05, 0) is 22.9 Å². The first-order valence-corrected chi connectivity index (χ1v) is 7.68. The van der Waals surface area contributed by atoms with Crippen LogP contribution in [-0.2, 0) is 0 Å². The summed E-state index contributed by atoms with van der Waals surface area (Å²) < 4.78 is 0. The average Bonchev–Trinajstić information content (AvgIpc) is 2.62. The van der Waals surface area contributed by atoms with E-state index in [9.17, 15) is 0 Å². The number of hydrogen-bond acceptors (Lipinski definition) is 2. The Hall–Kier alpha value is -3.00. The van der Waals surface area contributed by atoms with Crippen molar-refractivity contribution in [2.45, 2.75) is 0 Å². The van der Waals surface area contributed by atoms with Gasteiger partial charge in [0.2, 0.25) is 0 Å². The molecule has 0 atom stereocenters. The Morgan fingerprint density at radius 2 is 1.13 bits per heavy atom. The van der Waals surface area contributed by atoms with Crippen LogP contribution in [-0.4, -0.2) is 7.05 Å². The maximum absolute atomic E-state index is 5.76. The van der Waals surface area contributed by atoms with E-state index >= 15 is 0 Å². The second-order valence-electron chi connectivity index (χ2n) is 5.35. The molecule has 3 N–H and O–H groups in total. The highest BCUT2D eigenvalue weighted by Gasteiger charge is 1.95. The molecule has 0 heterocycles. The Balaban J connectivity index is 0.000000136. The summed E-state index contributed by atoms with van der Waals surface area (Å²) >= 11 is 0. The van der Waals surface area contributed by atoms with Gasteiger partial charge in [-0.15, -0.1) is 0 Å². The molecule has 2 heteroatoms. The summed E-state index contributed by atoms with van der Waals surface area (Å²) in [5, 5.41) is 8.07. The van der Waals surface area contributed by atoms with Crippen LogP contribution in [0.3, 0.4) is 0 Å². The van der Waals surface area contributed by atoms with Gasteiger partial charge < -0.3 is 11.1 Å². The zero-order chi connectivity index (χ0) is 16.1. The molecule has 0 aliphatic heterocycles. The summed E-state index contributed by atoms with van der Waals surface area (Å²) in [6.45, 7) is 0. The number of fused-ring (bicyclic) bond motifs is 2. The summed E-state index contributed by atoms with van der Waals surface area (Å²) in [5.41, 5.74) is 7.79. The maximum atomic E-state index is 5.76. The number of nitrogen functional groups attached to an aromatic ring is 1. The van der Waals surface area contributed by atoms with Gasteiger partial charge in [0.25, 0.3) is 0 Å². The van der Waals surface area contributed by atoms with E-state index in [1.54, 1.807) is 0 Å². The van der Waals surface area contributed by atoms with Gasteiger partial charge in [0.15, 0.2) is 0 Å². The lowest BCUT2D eigenvalue weighted by atomic mass is 10.1. The summed E-state index contributed by atoms with van der Waals surface area (Å²) in [6.07, 6.45) is 0. The molecule has 114 valence electrons. The molecule has 0 unspecified atom stereocenters. The summed E-state index contributed by atoms with van der Waals surface area (Å²) in [6, 6.07) is 28.7. The number of hydrogen-bond donors (Lipinski definition) is 2. The fraction of sp³-hybridized carbons (Fsp3) is 0.0476. The predicted molar refractivity (Wildman–Crippen MR) is 102 cm³/mol. The Morgan fingerprint density at radius 3 is 1.78 bits per heavy atom. The van der Waals surface area contributed by atoms with Crippen LogP contribution in [0.4, 0.5) is 11.4 Å². The lowest BCUT2D eigenvalue weighted by molar-refractivity contribution is 1.55. The van der Waals surface area contributed by atoms with Crippen LogP contribution in [0.1, 0.15) is 0 Å². The first-order chi connectivity index (χ1) is 11.3. The lowest BCUT2D eigenvalue weighted by Crippen LogP contribution is -1.88. The Labute approximate surface area is 136 Å². The molecule has 0 aromatic heterocycles. The molecule has 0 aliphatic carbocycles. The van der Waals surface area contributed by atoms with Gasteiger partial charge >= 0.3 is 0 Å². The van der Waals surface area contributed by atoms with Gasteiger partial charge in [0, 0.05) is 29.2 Å². The fourth-order valence-corrected chi connectivity index (χ4v) is 2.69. The standard InChI is InChI=1S/C11H11N.C10H9N/c1-12-11-8-4-6-9-5-2-3-7-10(9)11;11-10-7-3-5-8-4-1-2-6-9(8)10/h2-8,12H,1H3;1-7H,11H2. The van der Waals surface area contributed by atoms with Gasteiger partial charge in [0.1, 0.15) is 0 Å². The van der Waals surface area contributed by atoms with E-state index < -0.39 is 0 Å². The first-order valence-electron chi connectivity index (χ1n) is 7.68. The Bertz CT molecular complexity index is 918. The zero-order valence-corrected chi connectivity index (χ0v) is 13.2. The molecular weight excluding hydrogens is 280 g/mol. The van der Waals surface area contributed by atoms with Crippen molar-refractivity contribution in [1.82, 2.24) is 0 Å².